The van der Waals surface area contributed by atoms with Crippen molar-refractivity contribution >= 4 is 15.9 Å². The van der Waals surface area contributed by atoms with Crippen molar-refractivity contribution in [2.24, 2.45) is 0 Å². The Balaban J connectivity index is 1.64. The second kappa shape index (κ2) is 9.37. The van der Waals surface area contributed by atoms with Gasteiger partial charge < -0.3 is 10.1 Å². The van der Waals surface area contributed by atoms with Gasteiger partial charge in [-0.05, 0) is 49.6 Å². The fourth-order valence-corrected chi connectivity index (χ4v) is 4.60. The van der Waals surface area contributed by atoms with Crippen LogP contribution in [0.4, 0.5) is 0 Å². The van der Waals surface area contributed by atoms with Crippen molar-refractivity contribution < 1.29 is 17.9 Å². The van der Waals surface area contributed by atoms with E-state index in [2.05, 4.69) is 10.3 Å². The minimum atomic E-state index is -3.41. The minimum Gasteiger partial charge on any atom is -0.487 e. The van der Waals surface area contributed by atoms with E-state index in [-0.39, 0.29) is 11.9 Å². The fourth-order valence-electron chi connectivity index (χ4n) is 3.47. The maximum Gasteiger partial charge on any atom is 0.238 e. The molecule has 2 unspecified atom stereocenters. The largest absolute Gasteiger partial charge is 0.487 e. The first-order valence-electron chi connectivity index (χ1n) is 9.74. The van der Waals surface area contributed by atoms with Crippen molar-refractivity contribution in [3.8, 4) is 5.75 Å². The molecule has 156 valence electrons. The summed E-state index contributed by atoms with van der Waals surface area (Å²) >= 11 is 0. The number of amides is 1. The molecule has 1 aliphatic rings. The van der Waals surface area contributed by atoms with Crippen LogP contribution in [0.2, 0.25) is 0 Å². The number of aromatic nitrogens is 1. The van der Waals surface area contributed by atoms with Crippen LogP contribution in [-0.2, 0) is 21.4 Å². The Hall–Kier alpha value is -2.45. The summed E-state index contributed by atoms with van der Waals surface area (Å²) < 4.78 is 31.1. The van der Waals surface area contributed by atoms with Crippen molar-refractivity contribution in [2.75, 3.05) is 12.8 Å². The van der Waals surface area contributed by atoms with E-state index >= 15 is 0 Å². The molecule has 3 rings (SSSR count). The molecule has 1 N–H and O–H groups in total. The molecule has 1 aromatic heterocycles. The highest BCUT2D eigenvalue weighted by Gasteiger charge is 2.34. The Labute approximate surface area is 172 Å². The van der Waals surface area contributed by atoms with Crippen LogP contribution in [0.1, 0.15) is 43.5 Å². The minimum absolute atomic E-state index is 0.262. The van der Waals surface area contributed by atoms with Gasteiger partial charge in [0.15, 0.2) is 0 Å². The monoisotopic (exact) mass is 417 g/mol. The van der Waals surface area contributed by atoms with Crippen LogP contribution in [0.5, 0.6) is 5.75 Å². The van der Waals surface area contributed by atoms with Gasteiger partial charge in [0.1, 0.15) is 18.4 Å². The van der Waals surface area contributed by atoms with Gasteiger partial charge in [-0.25, -0.2) is 8.42 Å². The van der Waals surface area contributed by atoms with Crippen LogP contribution in [0.25, 0.3) is 0 Å². The molecule has 2 atom stereocenters. The number of nitrogens with one attached hydrogen (secondary N) is 1. The molecule has 0 saturated carbocycles. The Bertz CT molecular complexity index is 934. The van der Waals surface area contributed by atoms with Crippen molar-refractivity contribution in [3.05, 3.63) is 59.9 Å². The van der Waals surface area contributed by atoms with Crippen molar-refractivity contribution in [2.45, 2.75) is 44.9 Å². The molecule has 29 heavy (non-hydrogen) atoms. The predicted molar refractivity (Wildman–Crippen MR) is 111 cm³/mol. The van der Waals surface area contributed by atoms with E-state index in [0.717, 1.165) is 30.4 Å². The summed E-state index contributed by atoms with van der Waals surface area (Å²) in [7, 11) is -3.41. The zero-order chi connectivity index (χ0) is 20.9. The standard InChI is InChI=1S/C21H27N3O4S/c1-16(23-21(25)20-11-4-6-13-24(20)29(2,26)27)17-8-7-10-19(14-17)28-15-18-9-3-5-12-22-18/h3,5,7-10,12,14,16,20H,4,6,11,13,15H2,1-2H3,(H,23,25). The summed E-state index contributed by atoms with van der Waals surface area (Å²) in [5.41, 5.74) is 1.72. The fraction of sp³-hybridized carbons (Fsp3) is 0.429. The lowest BCUT2D eigenvalue weighted by Gasteiger charge is -2.33. The van der Waals surface area contributed by atoms with Crippen molar-refractivity contribution in [3.63, 3.8) is 0 Å². The highest BCUT2D eigenvalue weighted by molar-refractivity contribution is 7.88. The molecule has 0 spiro atoms. The van der Waals surface area contributed by atoms with Crippen molar-refractivity contribution in [1.82, 2.24) is 14.6 Å². The van der Waals surface area contributed by atoms with E-state index in [1.165, 1.54) is 4.31 Å². The number of carbonyl (C=O) groups is 1. The average Bonchev–Trinajstić information content (AvgIpc) is 2.72. The number of carbonyl (C=O) groups excluding carboxylic acids is 1. The maximum atomic E-state index is 12.8. The first-order valence-corrected chi connectivity index (χ1v) is 11.6. The van der Waals surface area contributed by atoms with E-state index in [1.807, 2.05) is 49.4 Å². The molecular formula is C21H27N3O4S. The molecule has 8 heteroatoms. The van der Waals surface area contributed by atoms with E-state index in [1.54, 1.807) is 6.20 Å². The number of benzene rings is 1. The molecule has 0 aliphatic carbocycles. The molecule has 0 bridgehead atoms. The number of sulfonamides is 1. The Morgan fingerprint density at radius 1 is 1.28 bits per heavy atom. The zero-order valence-corrected chi connectivity index (χ0v) is 17.6. The molecule has 7 nitrogen and oxygen atoms in total. The lowest BCUT2D eigenvalue weighted by Crippen LogP contribution is -2.51. The Kier molecular flexibility index (Phi) is 6.87. The molecule has 1 aliphatic heterocycles. The summed E-state index contributed by atoms with van der Waals surface area (Å²) in [6, 6.07) is 12.2. The summed E-state index contributed by atoms with van der Waals surface area (Å²) in [5, 5.41) is 2.96. The van der Waals surface area contributed by atoms with E-state index < -0.39 is 16.1 Å². The normalized spacial score (nSPS) is 18.8. The number of nitrogens with zero attached hydrogens (tertiary/aromatic N) is 2. The van der Waals surface area contributed by atoms with Crippen LogP contribution in [0.15, 0.2) is 48.7 Å². The molecule has 1 saturated heterocycles. The Morgan fingerprint density at radius 3 is 2.83 bits per heavy atom. The number of pyridine rings is 1. The molecule has 2 aromatic rings. The third-order valence-corrected chi connectivity index (χ3v) is 6.30. The number of hydrogen-bond acceptors (Lipinski definition) is 5. The summed E-state index contributed by atoms with van der Waals surface area (Å²) in [5.74, 6) is 0.423. The van der Waals surface area contributed by atoms with Gasteiger partial charge in [-0.3, -0.25) is 9.78 Å². The van der Waals surface area contributed by atoms with E-state index in [0.29, 0.717) is 25.3 Å². The van der Waals surface area contributed by atoms with Crippen LogP contribution < -0.4 is 10.1 Å². The van der Waals surface area contributed by atoms with Crippen molar-refractivity contribution in [1.29, 1.82) is 0 Å². The lowest BCUT2D eigenvalue weighted by molar-refractivity contribution is -0.126. The molecule has 2 heterocycles. The number of piperidine rings is 1. The molecule has 1 fully saturated rings. The van der Waals surface area contributed by atoms with Gasteiger partial charge in [0.05, 0.1) is 18.0 Å². The Morgan fingerprint density at radius 2 is 2.10 bits per heavy atom. The number of hydrogen-bond donors (Lipinski definition) is 1. The van der Waals surface area contributed by atoms with Crippen LogP contribution in [-0.4, -0.2) is 42.5 Å². The zero-order valence-electron chi connectivity index (χ0n) is 16.7. The van der Waals surface area contributed by atoms with Gasteiger partial charge in [0.25, 0.3) is 0 Å². The molecule has 1 amide bonds. The summed E-state index contributed by atoms with van der Waals surface area (Å²) in [6.07, 6.45) is 5.04. The third kappa shape index (κ3) is 5.77. The third-order valence-electron chi connectivity index (χ3n) is 5.01. The lowest BCUT2D eigenvalue weighted by atomic mass is 10.0. The van der Waals surface area contributed by atoms with Crippen LogP contribution in [0.3, 0.4) is 0 Å². The van der Waals surface area contributed by atoms with Gasteiger partial charge >= 0.3 is 0 Å². The number of ether oxygens (including phenoxy) is 1. The van der Waals surface area contributed by atoms with Gasteiger partial charge in [-0.15, -0.1) is 0 Å². The van der Waals surface area contributed by atoms with Gasteiger partial charge in [0, 0.05) is 12.7 Å². The molecule has 1 aromatic carbocycles. The van der Waals surface area contributed by atoms with Gasteiger partial charge in [-0.1, -0.05) is 24.6 Å². The quantitative estimate of drug-likeness (QED) is 0.748. The summed E-state index contributed by atoms with van der Waals surface area (Å²) in [6.45, 7) is 2.63. The smallest absolute Gasteiger partial charge is 0.238 e. The van der Waals surface area contributed by atoms with E-state index in [9.17, 15) is 13.2 Å². The SMILES string of the molecule is CC(NC(=O)C1CCCCN1S(C)(=O)=O)c1cccc(OCc2ccccn2)c1. The molecule has 0 radical (unpaired) electrons. The predicted octanol–water partition coefficient (Wildman–Crippen LogP) is 2.65. The van der Waals surface area contributed by atoms with Gasteiger partial charge in [0.2, 0.25) is 15.9 Å². The van der Waals surface area contributed by atoms with E-state index in [4.69, 9.17) is 4.74 Å². The maximum absolute atomic E-state index is 12.8. The van der Waals surface area contributed by atoms with Crippen LogP contribution in [0, 0.1) is 0 Å². The number of rotatable bonds is 7. The van der Waals surface area contributed by atoms with Gasteiger partial charge in [-0.2, -0.15) is 4.31 Å². The second-order valence-corrected chi connectivity index (χ2v) is 9.23. The molecular weight excluding hydrogens is 390 g/mol. The summed E-state index contributed by atoms with van der Waals surface area (Å²) in [4.78, 5) is 17.0. The highest BCUT2D eigenvalue weighted by atomic mass is 32.2. The average molecular weight is 418 g/mol. The first-order chi connectivity index (χ1) is 13.8. The topological polar surface area (TPSA) is 88.6 Å². The highest BCUT2D eigenvalue weighted by Crippen LogP contribution is 2.23. The van der Waals surface area contributed by atoms with Crippen LogP contribution >= 0.6 is 0 Å². The first kappa shape index (κ1) is 21.3. The second-order valence-electron chi connectivity index (χ2n) is 7.30.